The van der Waals surface area contributed by atoms with Crippen molar-refractivity contribution in [3.05, 3.63) is 116 Å². The van der Waals surface area contributed by atoms with E-state index in [0.29, 0.717) is 11.8 Å². The Balaban J connectivity index is 0.000000973. The predicted molar refractivity (Wildman–Crippen MR) is 195 cm³/mol. The SMILES string of the molecule is CC1=C(c2ccccc2)C2CC(C(C)C)C([Si](C)(C)C3C(C)CC4C(c5ccccc5)C=CC=CC43)C2S1.[CH3-].[CH3-].[Cl][Zr+2][Cl]. The van der Waals surface area contributed by atoms with Crippen molar-refractivity contribution >= 4 is 42.4 Å². The molecule has 0 nitrogen and oxygen atoms in total. The van der Waals surface area contributed by atoms with Gasteiger partial charge in [0.25, 0.3) is 0 Å². The third kappa shape index (κ3) is 7.32. The number of fused-ring (bicyclic) bond motifs is 2. The minimum absolute atomic E-state index is 0. The first-order chi connectivity index (χ1) is 19.7. The first-order valence-electron chi connectivity index (χ1n) is 15.5. The molecule has 9 atom stereocenters. The van der Waals surface area contributed by atoms with Gasteiger partial charge in [-0.2, -0.15) is 0 Å². The summed E-state index contributed by atoms with van der Waals surface area (Å²) in [5.74, 6) is 5.09. The Kier molecular flexibility index (Phi) is 13.8. The fraction of sp³-hybridized carbons (Fsp3) is 0.474. The molecule has 6 rings (SSSR count). The average molecular weight is 731 g/mol. The van der Waals surface area contributed by atoms with Gasteiger partial charge in [-0.25, -0.2) is 0 Å². The van der Waals surface area contributed by atoms with E-state index in [0.717, 1.165) is 45.9 Å². The maximum atomic E-state index is 4.93. The van der Waals surface area contributed by atoms with Crippen molar-refractivity contribution < 1.29 is 20.8 Å². The fourth-order valence-electron chi connectivity index (χ4n) is 9.76. The quantitative estimate of drug-likeness (QED) is 0.218. The summed E-state index contributed by atoms with van der Waals surface area (Å²) >= 11 is 1.44. The molecule has 3 aliphatic carbocycles. The molecular weight excluding hydrogens is 679 g/mol. The first-order valence-corrected chi connectivity index (χ1v) is 25.9. The number of thioether (sulfide) groups is 1. The van der Waals surface area contributed by atoms with Gasteiger partial charge in [-0.1, -0.05) is 119 Å². The molecule has 0 radical (unpaired) electrons. The molecule has 232 valence electrons. The second kappa shape index (κ2) is 16.0. The van der Waals surface area contributed by atoms with Gasteiger partial charge in [0, 0.05) is 11.2 Å². The van der Waals surface area contributed by atoms with Crippen LogP contribution in [0, 0.1) is 50.4 Å². The Bertz CT molecular complexity index is 1260. The van der Waals surface area contributed by atoms with E-state index < -0.39 is 28.9 Å². The summed E-state index contributed by atoms with van der Waals surface area (Å²) in [4.78, 5) is 1.60. The number of benzene rings is 2. The molecule has 2 fully saturated rings. The van der Waals surface area contributed by atoms with E-state index in [1.165, 1.54) is 24.0 Å². The molecule has 2 saturated carbocycles. The normalized spacial score (nSPS) is 32.5. The van der Waals surface area contributed by atoms with Crippen LogP contribution in [0.25, 0.3) is 5.57 Å². The van der Waals surface area contributed by atoms with Crippen LogP contribution in [0.1, 0.15) is 57.6 Å². The number of rotatable bonds is 5. The summed E-state index contributed by atoms with van der Waals surface area (Å²) in [6.45, 7) is 15.7. The van der Waals surface area contributed by atoms with Gasteiger partial charge in [-0.15, -0.1) is 11.8 Å². The van der Waals surface area contributed by atoms with Gasteiger partial charge in [-0.05, 0) is 88.0 Å². The van der Waals surface area contributed by atoms with Crippen LogP contribution in [-0.4, -0.2) is 13.3 Å². The topological polar surface area (TPSA) is 0 Å². The molecule has 0 spiro atoms. The van der Waals surface area contributed by atoms with Crippen molar-refractivity contribution in [3.8, 4) is 0 Å². The molecule has 4 aliphatic rings. The van der Waals surface area contributed by atoms with Crippen LogP contribution in [0.5, 0.6) is 0 Å². The fourth-order valence-corrected chi connectivity index (χ4v) is 18.7. The molecular formula is C38H52Cl2SSiZr. The molecule has 0 amide bonds. The number of halogens is 2. The molecule has 1 heterocycles. The third-order valence-corrected chi connectivity index (χ3v) is 17.9. The van der Waals surface area contributed by atoms with E-state index in [2.05, 4.69) is 138 Å². The number of hydrogen-bond acceptors (Lipinski definition) is 1. The van der Waals surface area contributed by atoms with Crippen molar-refractivity contribution in [2.24, 2.45) is 35.5 Å². The van der Waals surface area contributed by atoms with Gasteiger partial charge < -0.3 is 14.9 Å². The molecule has 2 aromatic rings. The van der Waals surface area contributed by atoms with Gasteiger partial charge >= 0.3 is 37.9 Å². The van der Waals surface area contributed by atoms with Crippen molar-refractivity contribution in [1.29, 1.82) is 0 Å². The van der Waals surface area contributed by atoms with Crippen LogP contribution in [0.4, 0.5) is 0 Å². The average Bonchev–Trinajstić information content (AvgIpc) is 3.54. The van der Waals surface area contributed by atoms with Gasteiger partial charge in [-0.3, -0.25) is 0 Å². The first kappa shape index (κ1) is 37.2. The molecule has 9 unspecified atom stereocenters. The summed E-state index contributed by atoms with van der Waals surface area (Å²) in [6, 6.07) is 22.7. The zero-order valence-corrected chi connectivity index (χ0v) is 33.2. The van der Waals surface area contributed by atoms with E-state index in [4.69, 9.17) is 17.0 Å². The molecule has 1 aliphatic heterocycles. The van der Waals surface area contributed by atoms with Crippen LogP contribution in [-0.2, 0) is 20.8 Å². The Morgan fingerprint density at radius 1 is 0.860 bits per heavy atom. The van der Waals surface area contributed by atoms with E-state index in [1.54, 1.807) is 10.5 Å². The number of hydrogen-bond donors (Lipinski definition) is 0. The zero-order chi connectivity index (χ0) is 29.3. The number of allylic oxidation sites excluding steroid dienone is 6. The Labute approximate surface area is 288 Å². The Hall–Kier alpha value is -0.310. The second-order valence-electron chi connectivity index (χ2n) is 13.8. The van der Waals surface area contributed by atoms with E-state index >= 15 is 0 Å². The third-order valence-electron chi connectivity index (χ3n) is 11.0. The molecule has 0 N–H and O–H groups in total. The standard InChI is InChI=1S/C36H46SSi.2CH3.2ClH.Zr/c1-23(2)30-22-32-33(27-17-11-8-12-18-27)25(4)37-34(32)36(30)38(5,6)35-24(3)21-31-28(19-13-14-20-29(31)35)26-15-9-7-10-16-26;;;;;/h7-20,23-24,28-32,34-36H,21-22H2,1-6H3;2*1H3;2*1H;/q;2*-1;;;+4/p-2. The molecule has 2 aromatic carbocycles. The molecule has 0 saturated heterocycles. The van der Waals surface area contributed by atoms with Crippen LogP contribution < -0.4 is 0 Å². The van der Waals surface area contributed by atoms with E-state index in [9.17, 15) is 0 Å². The van der Waals surface area contributed by atoms with Crippen molar-refractivity contribution in [3.63, 3.8) is 0 Å². The molecule has 43 heavy (non-hydrogen) atoms. The van der Waals surface area contributed by atoms with Gasteiger partial charge in [0.15, 0.2) is 0 Å². The molecule has 0 bridgehead atoms. The van der Waals surface area contributed by atoms with Crippen molar-refractivity contribution in [2.75, 3.05) is 0 Å². The van der Waals surface area contributed by atoms with E-state index in [1.807, 2.05) is 0 Å². The van der Waals surface area contributed by atoms with Crippen LogP contribution >= 0.6 is 28.8 Å². The van der Waals surface area contributed by atoms with Crippen LogP contribution in [0.2, 0.25) is 24.2 Å². The maximum absolute atomic E-state index is 4.93. The summed E-state index contributed by atoms with van der Waals surface area (Å²) in [7, 11) is 8.21. The Morgan fingerprint density at radius 3 is 2.05 bits per heavy atom. The molecule has 5 heteroatoms. The van der Waals surface area contributed by atoms with Gasteiger partial charge in [0.05, 0.1) is 8.07 Å². The summed E-state index contributed by atoms with van der Waals surface area (Å²) < 4.78 is 0. The summed E-state index contributed by atoms with van der Waals surface area (Å²) in [5.41, 5.74) is 6.39. The Morgan fingerprint density at radius 2 is 1.44 bits per heavy atom. The van der Waals surface area contributed by atoms with Crippen molar-refractivity contribution in [1.82, 2.24) is 0 Å². The second-order valence-corrected chi connectivity index (χ2v) is 23.9. The summed E-state index contributed by atoms with van der Waals surface area (Å²) in [6.07, 6.45) is 12.7. The zero-order valence-electron chi connectivity index (χ0n) is 27.4. The van der Waals surface area contributed by atoms with E-state index in [-0.39, 0.29) is 14.9 Å². The minimum atomic E-state index is -1.66. The summed E-state index contributed by atoms with van der Waals surface area (Å²) in [5, 5.41) is 0.767. The molecule has 0 aromatic heterocycles. The van der Waals surface area contributed by atoms with Gasteiger partial charge in [0.1, 0.15) is 0 Å². The van der Waals surface area contributed by atoms with Crippen LogP contribution in [0.3, 0.4) is 0 Å². The predicted octanol–water partition coefficient (Wildman–Crippen LogP) is 12.7. The van der Waals surface area contributed by atoms with Crippen LogP contribution in [0.15, 0.2) is 89.9 Å². The van der Waals surface area contributed by atoms with Crippen molar-refractivity contribution in [2.45, 2.75) is 75.9 Å². The monoisotopic (exact) mass is 728 g/mol. The van der Waals surface area contributed by atoms with Gasteiger partial charge in [0.2, 0.25) is 0 Å².